The summed E-state index contributed by atoms with van der Waals surface area (Å²) in [5, 5.41) is 11.7. The van der Waals surface area contributed by atoms with E-state index in [2.05, 4.69) is 31.2 Å². The minimum atomic E-state index is -1.13. The van der Waals surface area contributed by atoms with E-state index in [0.717, 1.165) is 0 Å². The summed E-state index contributed by atoms with van der Waals surface area (Å²) in [5.74, 6) is -1.64. The molecule has 7 nitrogen and oxygen atoms in total. The van der Waals surface area contributed by atoms with Crippen molar-refractivity contribution < 1.29 is 14.7 Å². The van der Waals surface area contributed by atoms with E-state index in [1.54, 1.807) is 12.1 Å². The number of carbonyl (C=O) groups excluding carboxylic acids is 1. The van der Waals surface area contributed by atoms with Gasteiger partial charge < -0.3 is 21.1 Å². The number of halogens is 1. The van der Waals surface area contributed by atoms with Gasteiger partial charge in [0.05, 0.1) is 11.9 Å². The van der Waals surface area contributed by atoms with Crippen molar-refractivity contribution in [1.82, 2.24) is 15.3 Å². The van der Waals surface area contributed by atoms with Crippen molar-refractivity contribution in [2.45, 2.75) is 12.5 Å². The second-order valence-electron chi connectivity index (χ2n) is 4.38. The average molecular weight is 353 g/mol. The molecule has 0 radical (unpaired) electrons. The van der Waals surface area contributed by atoms with Crippen molar-refractivity contribution >= 4 is 33.5 Å². The number of hydrogen-bond acceptors (Lipinski definition) is 4. The van der Waals surface area contributed by atoms with Crippen LogP contribution in [0, 0.1) is 0 Å². The number of nitrogen functional groups attached to an aromatic ring is 1. The molecule has 0 aliphatic rings. The molecule has 1 amide bonds. The van der Waals surface area contributed by atoms with Crippen molar-refractivity contribution in [1.29, 1.82) is 0 Å². The Labute approximate surface area is 128 Å². The molecule has 2 rings (SSSR count). The number of anilines is 1. The zero-order valence-corrected chi connectivity index (χ0v) is 12.4. The molecule has 1 aromatic heterocycles. The number of benzene rings is 1. The Hall–Kier alpha value is -2.35. The second kappa shape index (κ2) is 6.40. The van der Waals surface area contributed by atoms with Crippen LogP contribution in [-0.4, -0.2) is 33.0 Å². The Kier molecular flexibility index (Phi) is 4.59. The van der Waals surface area contributed by atoms with Crippen molar-refractivity contribution in [3.8, 4) is 0 Å². The molecule has 0 spiro atoms. The molecule has 1 atom stereocenters. The molecule has 0 aliphatic heterocycles. The van der Waals surface area contributed by atoms with Gasteiger partial charge in [0, 0.05) is 28.5 Å². The zero-order chi connectivity index (χ0) is 15.4. The van der Waals surface area contributed by atoms with Crippen molar-refractivity contribution in [3.05, 3.63) is 46.5 Å². The fourth-order valence-electron chi connectivity index (χ4n) is 1.77. The van der Waals surface area contributed by atoms with Gasteiger partial charge in [-0.1, -0.05) is 0 Å². The van der Waals surface area contributed by atoms with E-state index in [0.29, 0.717) is 15.9 Å². The third-order valence-electron chi connectivity index (χ3n) is 2.82. The van der Waals surface area contributed by atoms with Gasteiger partial charge in [0.1, 0.15) is 6.04 Å². The van der Waals surface area contributed by atoms with Crippen LogP contribution in [0.2, 0.25) is 0 Å². The van der Waals surface area contributed by atoms with Crippen molar-refractivity contribution in [2.75, 3.05) is 5.73 Å². The molecule has 8 heteroatoms. The normalized spacial score (nSPS) is 11.9. The number of nitrogens with zero attached hydrogens (tertiary/aromatic N) is 1. The topological polar surface area (TPSA) is 121 Å². The predicted octanol–water partition coefficient (Wildman–Crippen LogP) is 1.18. The highest BCUT2D eigenvalue weighted by molar-refractivity contribution is 9.10. The lowest BCUT2D eigenvalue weighted by molar-refractivity contribution is -0.139. The number of H-pyrrole nitrogens is 1. The summed E-state index contributed by atoms with van der Waals surface area (Å²) in [4.78, 5) is 30.0. The second-order valence-corrected chi connectivity index (χ2v) is 5.24. The number of aromatic amines is 1. The van der Waals surface area contributed by atoms with Gasteiger partial charge in [-0.25, -0.2) is 9.78 Å². The molecule has 0 saturated carbocycles. The fraction of sp³-hybridized carbons (Fsp3) is 0.154. The van der Waals surface area contributed by atoms with Crippen LogP contribution in [0.4, 0.5) is 5.69 Å². The van der Waals surface area contributed by atoms with Gasteiger partial charge in [-0.2, -0.15) is 0 Å². The number of nitrogens with one attached hydrogen (secondary N) is 2. The monoisotopic (exact) mass is 352 g/mol. The van der Waals surface area contributed by atoms with E-state index in [1.807, 2.05) is 0 Å². The Morgan fingerprint density at radius 2 is 2.24 bits per heavy atom. The Morgan fingerprint density at radius 3 is 2.86 bits per heavy atom. The van der Waals surface area contributed by atoms with Crippen molar-refractivity contribution in [3.63, 3.8) is 0 Å². The number of carboxylic acid groups (broad SMARTS) is 1. The Bertz CT molecular complexity index is 657. The van der Waals surface area contributed by atoms with Crippen molar-refractivity contribution in [2.24, 2.45) is 0 Å². The van der Waals surface area contributed by atoms with Gasteiger partial charge in [-0.15, -0.1) is 0 Å². The highest BCUT2D eigenvalue weighted by atomic mass is 79.9. The average Bonchev–Trinajstić information content (AvgIpc) is 2.93. The molecule has 0 saturated heterocycles. The van der Waals surface area contributed by atoms with Gasteiger partial charge in [0.2, 0.25) is 0 Å². The summed E-state index contributed by atoms with van der Waals surface area (Å²) >= 11 is 3.24. The van der Waals surface area contributed by atoms with E-state index in [-0.39, 0.29) is 12.0 Å². The first-order valence-corrected chi connectivity index (χ1v) is 6.82. The SMILES string of the molecule is Nc1ccc(Br)c(C(=O)NC(Cc2cnc[nH]2)C(=O)O)c1. The first-order chi connectivity index (χ1) is 9.97. The van der Waals surface area contributed by atoms with Gasteiger partial charge in [-0.05, 0) is 34.1 Å². The standard InChI is InChI=1S/C13H13BrN4O3/c14-10-2-1-7(15)3-9(10)12(19)18-11(13(20)21)4-8-5-16-6-17-8/h1-3,5-6,11H,4,15H2,(H,16,17)(H,18,19)(H,20,21). The molecule has 0 aliphatic carbocycles. The number of rotatable bonds is 5. The van der Waals surface area contributed by atoms with E-state index >= 15 is 0 Å². The molecule has 110 valence electrons. The predicted molar refractivity (Wildman–Crippen MR) is 79.7 cm³/mol. The molecule has 21 heavy (non-hydrogen) atoms. The number of amides is 1. The Balaban J connectivity index is 2.14. The molecule has 0 bridgehead atoms. The van der Waals surface area contributed by atoms with Gasteiger partial charge in [-0.3, -0.25) is 4.79 Å². The van der Waals surface area contributed by atoms with E-state index in [9.17, 15) is 14.7 Å². The number of aliphatic carboxylic acids is 1. The van der Waals surface area contributed by atoms with Gasteiger partial charge in [0.25, 0.3) is 5.91 Å². The Morgan fingerprint density at radius 1 is 1.48 bits per heavy atom. The smallest absolute Gasteiger partial charge is 0.326 e. The molecule has 5 N–H and O–H groups in total. The first-order valence-electron chi connectivity index (χ1n) is 6.03. The molecular weight excluding hydrogens is 340 g/mol. The van der Waals surface area contributed by atoms with Crippen LogP contribution in [0.3, 0.4) is 0 Å². The summed E-state index contributed by atoms with van der Waals surface area (Å²) in [5.41, 5.74) is 6.96. The van der Waals surface area contributed by atoms with Crippen LogP contribution in [0.1, 0.15) is 16.1 Å². The van der Waals surface area contributed by atoms with Crippen LogP contribution >= 0.6 is 15.9 Å². The van der Waals surface area contributed by atoms with Gasteiger partial charge in [0.15, 0.2) is 0 Å². The zero-order valence-electron chi connectivity index (χ0n) is 10.8. The lowest BCUT2D eigenvalue weighted by Crippen LogP contribution is -2.42. The largest absolute Gasteiger partial charge is 0.480 e. The molecule has 1 unspecified atom stereocenters. The minimum Gasteiger partial charge on any atom is -0.480 e. The summed E-state index contributed by atoms with van der Waals surface area (Å²) in [6.45, 7) is 0. The van der Waals surface area contributed by atoms with Crippen LogP contribution in [0.25, 0.3) is 0 Å². The van der Waals surface area contributed by atoms with E-state index in [1.165, 1.54) is 18.6 Å². The number of imidazole rings is 1. The van der Waals surface area contributed by atoms with E-state index in [4.69, 9.17) is 5.73 Å². The molecule has 1 aromatic carbocycles. The summed E-state index contributed by atoms with van der Waals surface area (Å²) < 4.78 is 0.542. The molecule has 0 fully saturated rings. The lowest BCUT2D eigenvalue weighted by atomic mass is 10.1. The summed E-state index contributed by atoms with van der Waals surface area (Å²) in [7, 11) is 0. The highest BCUT2D eigenvalue weighted by Gasteiger charge is 2.22. The molecule has 1 heterocycles. The maximum atomic E-state index is 12.2. The maximum Gasteiger partial charge on any atom is 0.326 e. The third-order valence-corrected chi connectivity index (χ3v) is 3.51. The van der Waals surface area contributed by atoms with Gasteiger partial charge >= 0.3 is 5.97 Å². The van der Waals surface area contributed by atoms with Crippen LogP contribution < -0.4 is 11.1 Å². The third kappa shape index (κ3) is 3.82. The quantitative estimate of drug-likeness (QED) is 0.602. The minimum absolute atomic E-state index is 0.112. The number of hydrogen-bond donors (Lipinski definition) is 4. The van der Waals surface area contributed by atoms with Crippen LogP contribution in [0.15, 0.2) is 35.2 Å². The molecule has 2 aromatic rings. The number of carboxylic acids is 1. The molecular formula is C13H13BrN4O3. The number of nitrogens with two attached hydrogens (primary N) is 1. The van der Waals surface area contributed by atoms with E-state index < -0.39 is 17.9 Å². The lowest BCUT2D eigenvalue weighted by Gasteiger charge is -2.14. The van der Waals surface area contributed by atoms with Crippen LogP contribution in [-0.2, 0) is 11.2 Å². The fourth-order valence-corrected chi connectivity index (χ4v) is 2.20. The summed E-state index contributed by atoms with van der Waals surface area (Å²) in [6, 6.07) is 3.69. The maximum absolute atomic E-state index is 12.2. The number of aromatic nitrogens is 2. The highest BCUT2D eigenvalue weighted by Crippen LogP contribution is 2.19. The first kappa shape index (κ1) is 15.0. The van der Waals surface area contributed by atoms with Crippen LogP contribution in [0.5, 0.6) is 0 Å². The number of carbonyl (C=O) groups is 2. The summed E-state index contributed by atoms with van der Waals surface area (Å²) in [6.07, 6.45) is 3.07.